The maximum absolute atomic E-state index is 13.5. The minimum Gasteiger partial charge on any atom is -0.494 e. The van der Waals surface area contributed by atoms with E-state index >= 15 is 0 Å². The van der Waals surface area contributed by atoms with Gasteiger partial charge in [-0.1, -0.05) is 12.1 Å². The fourth-order valence-electron chi connectivity index (χ4n) is 4.57. The van der Waals surface area contributed by atoms with Crippen LogP contribution in [0.3, 0.4) is 0 Å². The van der Waals surface area contributed by atoms with Crippen LogP contribution in [0.2, 0.25) is 0 Å². The van der Waals surface area contributed by atoms with Crippen LogP contribution in [-0.4, -0.2) is 41.5 Å². The van der Waals surface area contributed by atoms with Crippen LogP contribution in [0.15, 0.2) is 52.9 Å². The number of rotatable bonds is 7. The summed E-state index contributed by atoms with van der Waals surface area (Å²) >= 11 is 0. The van der Waals surface area contributed by atoms with Crippen molar-refractivity contribution in [2.75, 3.05) is 13.7 Å². The molecule has 1 aliphatic rings. The van der Waals surface area contributed by atoms with E-state index in [9.17, 15) is 31.9 Å². The van der Waals surface area contributed by atoms with E-state index in [1.165, 1.54) is 44.4 Å². The average molecular weight is 587 g/mol. The number of carbonyl (C=O) groups is 3. The number of amides is 4. The van der Waals surface area contributed by atoms with Crippen molar-refractivity contribution in [2.24, 2.45) is 5.73 Å². The molecule has 15 heteroatoms. The van der Waals surface area contributed by atoms with Crippen LogP contribution < -0.4 is 26.4 Å². The molecule has 5 N–H and O–H groups in total. The number of urea groups is 1. The molecular formula is C27H22F4N6O5. The smallest absolute Gasteiger partial charge is 0.433 e. The van der Waals surface area contributed by atoms with Gasteiger partial charge in [0.25, 0.3) is 11.8 Å². The van der Waals surface area contributed by atoms with Crippen LogP contribution in [0.4, 0.5) is 22.4 Å². The van der Waals surface area contributed by atoms with Crippen LogP contribution in [0.25, 0.3) is 22.4 Å². The molecule has 0 aliphatic carbocycles. The van der Waals surface area contributed by atoms with Crippen molar-refractivity contribution in [3.8, 4) is 17.2 Å². The molecule has 218 valence electrons. The highest BCUT2D eigenvalue weighted by atomic mass is 19.4. The van der Waals surface area contributed by atoms with Gasteiger partial charge in [-0.05, 0) is 48.9 Å². The maximum atomic E-state index is 13.5. The predicted molar refractivity (Wildman–Crippen MR) is 138 cm³/mol. The van der Waals surface area contributed by atoms with Gasteiger partial charge in [0.1, 0.15) is 22.8 Å². The minimum atomic E-state index is -4.70. The van der Waals surface area contributed by atoms with Crippen LogP contribution in [0.1, 0.15) is 40.5 Å². The number of fused-ring (bicyclic) bond motifs is 1. The first-order valence-electron chi connectivity index (χ1n) is 12.3. The van der Waals surface area contributed by atoms with E-state index in [1.807, 2.05) is 0 Å². The number of imide groups is 1. The van der Waals surface area contributed by atoms with Crippen molar-refractivity contribution in [1.29, 1.82) is 0 Å². The van der Waals surface area contributed by atoms with E-state index in [4.69, 9.17) is 14.9 Å². The SMILES string of the molecule is COc1ccc(-c2nc(C(=O)NCC3(c4ccc(F)cc4)NC(=O)NC3=O)c([C@H](C)N)o2)c2ccc(C(F)(F)F)nc12. The monoisotopic (exact) mass is 586 g/mol. The quantitative estimate of drug-likeness (QED) is 0.189. The number of methoxy groups -OCH3 is 1. The molecule has 42 heavy (non-hydrogen) atoms. The van der Waals surface area contributed by atoms with E-state index in [0.29, 0.717) is 0 Å². The van der Waals surface area contributed by atoms with Gasteiger partial charge in [-0.2, -0.15) is 13.2 Å². The Bertz CT molecular complexity index is 1720. The number of aromatic nitrogens is 2. The molecular weight excluding hydrogens is 564 g/mol. The molecule has 2 aromatic heterocycles. The molecule has 1 saturated heterocycles. The molecule has 1 aliphatic heterocycles. The number of nitrogens with zero attached hydrogens (tertiary/aromatic N) is 2. The molecule has 3 heterocycles. The molecule has 0 saturated carbocycles. The Morgan fingerprint density at radius 1 is 1.12 bits per heavy atom. The van der Waals surface area contributed by atoms with Crippen molar-refractivity contribution >= 4 is 28.7 Å². The Labute approximate surface area is 234 Å². The highest BCUT2D eigenvalue weighted by molar-refractivity contribution is 6.08. The van der Waals surface area contributed by atoms with Crippen molar-refractivity contribution in [3.05, 3.63) is 77.1 Å². The first-order chi connectivity index (χ1) is 19.8. The number of benzene rings is 2. The van der Waals surface area contributed by atoms with Gasteiger partial charge in [-0.15, -0.1) is 0 Å². The molecule has 0 spiro atoms. The van der Waals surface area contributed by atoms with Gasteiger partial charge in [-0.25, -0.2) is 19.2 Å². The second kappa shape index (κ2) is 10.4. The zero-order valence-corrected chi connectivity index (χ0v) is 21.9. The molecule has 0 bridgehead atoms. The molecule has 2 aromatic carbocycles. The summed E-state index contributed by atoms with van der Waals surface area (Å²) in [7, 11) is 1.28. The van der Waals surface area contributed by atoms with Crippen molar-refractivity contribution in [1.82, 2.24) is 25.9 Å². The summed E-state index contributed by atoms with van der Waals surface area (Å²) in [5, 5.41) is 7.32. The predicted octanol–water partition coefficient (Wildman–Crippen LogP) is 3.54. The summed E-state index contributed by atoms with van der Waals surface area (Å²) in [6.07, 6.45) is -4.70. The van der Waals surface area contributed by atoms with Crippen LogP contribution >= 0.6 is 0 Å². The maximum Gasteiger partial charge on any atom is 0.433 e. The van der Waals surface area contributed by atoms with E-state index in [1.54, 1.807) is 0 Å². The number of oxazole rings is 1. The molecule has 4 amide bonds. The first kappa shape index (κ1) is 28.5. The van der Waals surface area contributed by atoms with Gasteiger partial charge >= 0.3 is 12.2 Å². The van der Waals surface area contributed by atoms with E-state index in [-0.39, 0.29) is 45.1 Å². The third kappa shape index (κ3) is 4.98. The third-order valence-corrected chi connectivity index (χ3v) is 6.64. The summed E-state index contributed by atoms with van der Waals surface area (Å²) in [6, 6.07) is 7.96. The number of alkyl halides is 3. The lowest BCUT2D eigenvalue weighted by Crippen LogP contribution is -2.52. The van der Waals surface area contributed by atoms with Gasteiger partial charge < -0.3 is 25.5 Å². The van der Waals surface area contributed by atoms with Gasteiger partial charge in [0, 0.05) is 10.9 Å². The Kier molecular flexibility index (Phi) is 7.06. The Balaban J connectivity index is 1.52. The van der Waals surface area contributed by atoms with Gasteiger partial charge in [0.15, 0.2) is 17.0 Å². The number of halogens is 4. The fraction of sp³-hybridized carbons (Fsp3) is 0.222. The van der Waals surface area contributed by atoms with E-state index < -0.39 is 53.7 Å². The van der Waals surface area contributed by atoms with Crippen molar-refractivity contribution < 1.29 is 41.1 Å². The Hall–Kier alpha value is -5.05. The standard InChI is InChI=1S/C27H22F4N6O5/c1-12(32)21-20(22(38)33-11-26(24(39)36-25(40)37-26)13-3-5-14(28)6-4-13)35-23(42-21)16-7-9-17(41-2)19-15(16)8-10-18(34-19)27(29,30)31/h3-10,12H,11,32H2,1-2H3,(H,33,38)(H2,36,37,39,40)/t12-,26?/m0/s1. The normalized spacial score (nSPS) is 17.6. The summed E-state index contributed by atoms with van der Waals surface area (Å²) in [5.41, 5.74) is 3.18. The summed E-state index contributed by atoms with van der Waals surface area (Å²) in [6.45, 7) is 1.07. The summed E-state index contributed by atoms with van der Waals surface area (Å²) in [4.78, 5) is 46.1. The van der Waals surface area contributed by atoms with Crippen LogP contribution in [0.5, 0.6) is 5.75 Å². The lowest BCUT2D eigenvalue weighted by molar-refractivity contribution is -0.141. The fourth-order valence-corrected chi connectivity index (χ4v) is 4.57. The lowest BCUT2D eigenvalue weighted by atomic mass is 9.89. The average Bonchev–Trinajstić information content (AvgIpc) is 3.52. The Morgan fingerprint density at radius 3 is 2.43 bits per heavy atom. The molecule has 11 nitrogen and oxygen atoms in total. The van der Waals surface area contributed by atoms with Crippen molar-refractivity contribution in [3.63, 3.8) is 0 Å². The third-order valence-electron chi connectivity index (χ3n) is 6.64. The van der Waals surface area contributed by atoms with Gasteiger partial charge in [0.05, 0.1) is 19.7 Å². The molecule has 1 fully saturated rings. The molecule has 4 aromatic rings. The first-order valence-corrected chi connectivity index (χ1v) is 12.3. The van der Waals surface area contributed by atoms with Crippen LogP contribution in [-0.2, 0) is 16.5 Å². The Morgan fingerprint density at radius 2 is 1.83 bits per heavy atom. The molecule has 2 atom stereocenters. The number of hydrogen-bond acceptors (Lipinski definition) is 8. The highest BCUT2D eigenvalue weighted by Gasteiger charge is 2.48. The van der Waals surface area contributed by atoms with E-state index in [2.05, 4.69) is 25.9 Å². The second-order valence-corrected chi connectivity index (χ2v) is 9.43. The summed E-state index contributed by atoms with van der Waals surface area (Å²) in [5.74, 6) is -2.30. The number of hydrogen-bond donors (Lipinski definition) is 4. The second-order valence-electron chi connectivity index (χ2n) is 9.43. The number of pyridine rings is 1. The number of carbonyl (C=O) groups excluding carboxylic acids is 3. The number of nitrogens with two attached hydrogens (primary N) is 1. The summed E-state index contributed by atoms with van der Waals surface area (Å²) < 4.78 is 64.5. The number of nitrogens with one attached hydrogen (secondary N) is 3. The van der Waals surface area contributed by atoms with E-state index in [0.717, 1.165) is 18.2 Å². The lowest BCUT2D eigenvalue weighted by Gasteiger charge is -2.26. The topological polar surface area (TPSA) is 161 Å². The molecule has 0 radical (unpaired) electrons. The van der Waals surface area contributed by atoms with Crippen molar-refractivity contribution in [2.45, 2.75) is 24.7 Å². The zero-order chi connectivity index (χ0) is 30.4. The zero-order valence-electron chi connectivity index (χ0n) is 21.9. The minimum absolute atomic E-state index is 0.0536. The highest BCUT2D eigenvalue weighted by Crippen LogP contribution is 2.37. The largest absolute Gasteiger partial charge is 0.494 e. The number of ether oxygens (including phenoxy) is 1. The van der Waals surface area contributed by atoms with Crippen LogP contribution in [0, 0.1) is 5.82 Å². The van der Waals surface area contributed by atoms with Gasteiger partial charge in [-0.3, -0.25) is 14.9 Å². The molecule has 5 rings (SSSR count). The molecule has 1 unspecified atom stereocenters. The van der Waals surface area contributed by atoms with Gasteiger partial charge in [0.2, 0.25) is 5.89 Å².